The summed E-state index contributed by atoms with van der Waals surface area (Å²) in [5.74, 6) is -0.140. The van der Waals surface area contributed by atoms with Crippen molar-refractivity contribution in [1.29, 1.82) is 0 Å². The third-order valence-electron chi connectivity index (χ3n) is 3.13. The molecule has 0 spiro atoms. The molecule has 0 bridgehead atoms. The molecule has 5 nitrogen and oxygen atoms in total. The number of ether oxygens (including phenoxy) is 3. The third-order valence-corrected chi connectivity index (χ3v) is 3.13. The van der Waals surface area contributed by atoms with Gasteiger partial charge in [0, 0.05) is 33.8 Å². The van der Waals surface area contributed by atoms with Crippen LogP contribution >= 0.6 is 0 Å². The predicted molar refractivity (Wildman–Crippen MR) is 59.3 cm³/mol. The highest BCUT2D eigenvalue weighted by atomic mass is 16.5. The maximum atomic E-state index is 11.8. The van der Waals surface area contributed by atoms with Gasteiger partial charge in [-0.05, 0) is 13.8 Å². The van der Waals surface area contributed by atoms with Crippen molar-refractivity contribution in [1.82, 2.24) is 5.32 Å². The molecular formula is C11H21NO4. The van der Waals surface area contributed by atoms with Crippen molar-refractivity contribution in [2.45, 2.75) is 31.5 Å². The quantitative estimate of drug-likeness (QED) is 0.741. The van der Waals surface area contributed by atoms with Crippen LogP contribution in [0.25, 0.3) is 0 Å². The van der Waals surface area contributed by atoms with Gasteiger partial charge in [0.1, 0.15) is 11.2 Å². The van der Waals surface area contributed by atoms with E-state index in [4.69, 9.17) is 14.2 Å². The first-order chi connectivity index (χ1) is 7.46. The molecule has 1 rings (SSSR count). The zero-order chi connectivity index (χ0) is 12.2. The lowest BCUT2D eigenvalue weighted by Crippen LogP contribution is -2.51. The lowest BCUT2D eigenvalue weighted by molar-refractivity contribution is -0.141. The van der Waals surface area contributed by atoms with Gasteiger partial charge in [-0.3, -0.25) is 4.79 Å². The van der Waals surface area contributed by atoms with E-state index >= 15 is 0 Å². The van der Waals surface area contributed by atoms with E-state index in [2.05, 4.69) is 5.32 Å². The fourth-order valence-electron chi connectivity index (χ4n) is 1.51. The molecule has 0 aromatic heterocycles. The molecule has 5 heteroatoms. The Balaban J connectivity index is 2.47. The van der Waals surface area contributed by atoms with Crippen LogP contribution in [0.4, 0.5) is 0 Å². The zero-order valence-electron chi connectivity index (χ0n) is 10.5. The first-order valence-corrected chi connectivity index (χ1v) is 5.42. The number of carbonyl (C=O) groups is 1. The van der Waals surface area contributed by atoms with Gasteiger partial charge in [-0.25, -0.2) is 0 Å². The minimum atomic E-state index is -0.811. The summed E-state index contributed by atoms with van der Waals surface area (Å²) in [4.78, 5) is 11.8. The molecule has 1 aliphatic rings. The summed E-state index contributed by atoms with van der Waals surface area (Å²) >= 11 is 0. The van der Waals surface area contributed by atoms with Crippen LogP contribution < -0.4 is 5.32 Å². The standard InChI is InChI=1S/C11H21NO4/c1-10(2,14-3)9(13)12-7-11(15-4)5-6-16-8-11/h5-8H2,1-4H3,(H,12,13). The van der Waals surface area contributed by atoms with Crippen molar-refractivity contribution < 1.29 is 19.0 Å². The van der Waals surface area contributed by atoms with Crippen LogP contribution in [0.5, 0.6) is 0 Å². The van der Waals surface area contributed by atoms with Crippen LogP contribution in [-0.2, 0) is 19.0 Å². The maximum Gasteiger partial charge on any atom is 0.251 e. The molecule has 1 saturated heterocycles. The molecule has 94 valence electrons. The number of hydrogen-bond donors (Lipinski definition) is 1. The van der Waals surface area contributed by atoms with Gasteiger partial charge in [0.25, 0.3) is 5.91 Å². The summed E-state index contributed by atoms with van der Waals surface area (Å²) in [6, 6.07) is 0. The number of nitrogens with one attached hydrogen (secondary N) is 1. The van der Waals surface area contributed by atoms with E-state index in [-0.39, 0.29) is 11.5 Å². The van der Waals surface area contributed by atoms with E-state index in [0.717, 1.165) is 6.42 Å². The van der Waals surface area contributed by atoms with Crippen LogP contribution in [0.2, 0.25) is 0 Å². The molecule has 0 radical (unpaired) electrons. The van der Waals surface area contributed by atoms with E-state index in [9.17, 15) is 4.79 Å². The second-order valence-electron chi connectivity index (χ2n) is 4.59. The molecule has 1 amide bonds. The van der Waals surface area contributed by atoms with Gasteiger partial charge in [-0.2, -0.15) is 0 Å². The Morgan fingerprint density at radius 1 is 1.50 bits per heavy atom. The van der Waals surface area contributed by atoms with Crippen molar-refractivity contribution in [2.75, 3.05) is 34.0 Å². The highest BCUT2D eigenvalue weighted by molar-refractivity contribution is 5.84. The van der Waals surface area contributed by atoms with Crippen molar-refractivity contribution in [3.8, 4) is 0 Å². The smallest absolute Gasteiger partial charge is 0.251 e. The molecule has 0 aliphatic carbocycles. The average Bonchev–Trinajstić information content (AvgIpc) is 2.75. The summed E-state index contributed by atoms with van der Waals surface area (Å²) < 4.78 is 15.8. The molecule has 1 aliphatic heterocycles. The molecule has 1 fully saturated rings. The number of methoxy groups -OCH3 is 2. The second kappa shape index (κ2) is 5.12. The first-order valence-electron chi connectivity index (χ1n) is 5.42. The topological polar surface area (TPSA) is 56.8 Å². The summed E-state index contributed by atoms with van der Waals surface area (Å²) in [5, 5.41) is 2.84. The second-order valence-corrected chi connectivity index (χ2v) is 4.59. The Hall–Kier alpha value is -0.650. The molecule has 0 aromatic rings. The zero-order valence-corrected chi connectivity index (χ0v) is 10.5. The highest BCUT2D eigenvalue weighted by Crippen LogP contribution is 2.21. The van der Waals surface area contributed by atoms with Crippen LogP contribution in [-0.4, -0.2) is 51.1 Å². The highest BCUT2D eigenvalue weighted by Gasteiger charge is 2.37. The Morgan fingerprint density at radius 3 is 2.62 bits per heavy atom. The predicted octanol–water partition coefficient (Wildman–Crippen LogP) is 0.333. The SMILES string of the molecule is COC1(CNC(=O)C(C)(C)OC)CCOC1. The Morgan fingerprint density at radius 2 is 2.19 bits per heavy atom. The number of carbonyl (C=O) groups excluding carboxylic acids is 1. The van der Waals surface area contributed by atoms with E-state index in [1.165, 1.54) is 7.11 Å². The largest absolute Gasteiger partial charge is 0.378 e. The number of rotatable bonds is 5. The van der Waals surface area contributed by atoms with E-state index in [1.54, 1.807) is 21.0 Å². The Bertz CT molecular complexity index is 246. The van der Waals surface area contributed by atoms with E-state index in [0.29, 0.717) is 19.8 Å². The molecular weight excluding hydrogens is 210 g/mol. The monoisotopic (exact) mass is 231 g/mol. The van der Waals surface area contributed by atoms with E-state index in [1.807, 2.05) is 0 Å². The van der Waals surface area contributed by atoms with Gasteiger partial charge in [0.2, 0.25) is 0 Å². The van der Waals surface area contributed by atoms with E-state index < -0.39 is 5.60 Å². The van der Waals surface area contributed by atoms with Crippen LogP contribution in [0, 0.1) is 0 Å². The molecule has 1 atom stereocenters. The average molecular weight is 231 g/mol. The summed E-state index contributed by atoms with van der Waals surface area (Å²) in [6.45, 7) is 5.11. The van der Waals surface area contributed by atoms with Gasteiger partial charge in [-0.1, -0.05) is 0 Å². The van der Waals surface area contributed by atoms with Crippen molar-refractivity contribution in [3.63, 3.8) is 0 Å². The fourth-order valence-corrected chi connectivity index (χ4v) is 1.51. The van der Waals surface area contributed by atoms with Gasteiger partial charge in [-0.15, -0.1) is 0 Å². The minimum absolute atomic E-state index is 0.140. The van der Waals surface area contributed by atoms with Crippen LogP contribution in [0.3, 0.4) is 0 Å². The lowest BCUT2D eigenvalue weighted by atomic mass is 10.0. The normalized spacial score (nSPS) is 25.8. The minimum Gasteiger partial charge on any atom is -0.378 e. The number of hydrogen-bond acceptors (Lipinski definition) is 4. The van der Waals surface area contributed by atoms with Crippen molar-refractivity contribution >= 4 is 5.91 Å². The lowest BCUT2D eigenvalue weighted by Gasteiger charge is -2.28. The van der Waals surface area contributed by atoms with Crippen molar-refractivity contribution in [3.05, 3.63) is 0 Å². The molecule has 1 N–H and O–H groups in total. The summed E-state index contributed by atoms with van der Waals surface area (Å²) in [7, 11) is 3.16. The molecule has 1 unspecified atom stereocenters. The first kappa shape index (κ1) is 13.4. The van der Waals surface area contributed by atoms with Crippen molar-refractivity contribution in [2.24, 2.45) is 0 Å². The van der Waals surface area contributed by atoms with Gasteiger partial charge in [0.15, 0.2) is 0 Å². The maximum absolute atomic E-state index is 11.8. The fraction of sp³-hybridized carbons (Fsp3) is 0.909. The van der Waals surface area contributed by atoms with Crippen LogP contribution in [0.15, 0.2) is 0 Å². The molecule has 16 heavy (non-hydrogen) atoms. The van der Waals surface area contributed by atoms with Gasteiger partial charge in [0.05, 0.1) is 6.61 Å². The summed E-state index contributed by atoms with van der Waals surface area (Å²) in [6.07, 6.45) is 0.803. The third kappa shape index (κ3) is 2.93. The number of amides is 1. The Labute approximate surface area is 96.4 Å². The molecule has 0 saturated carbocycles. The molecule has 0 aromatic carbocycles. The Kier molecular flexibility index (Phi) is 4.29. The summed E-state index contributed by atoms with van der Waals surface area (Å²) in [5.41, 5.74) is -1.19. The van der Waals surface area contributed by atoms with Gasteiger partial charge < -0.3 is 19.5 Å². The molecule has 1 heterocycles. The van der Waals surface area contributed by atoms with Crippen LogP contribution in [0.1, 0.15) is 20.3 Å². The van der Waals surface area contributed by atoms with Gasteiger partial charge >= 0.3 is 0 Å².